The number of halogens is 4. The van der Waals surface area contributed by atoms with Gasteiger partial charge in [-0.3, -0.25) is 9.59 Å². The Morgan fingerprint density at radius 2 is 1.90 bits per heavy atom. The molecule has 7 heteroatoms. The maximum absolute atomic E-state index is 13.1. The number of alkyl halides is 4. The molecule has 0 unspecified atom stereocenters. The standard InChI is InChI=1S/C13H11F4NO2/c1-12(2)7-5-6(3-4-8(7)18-11(12)20)9(19)13(16,17)10(14)15/h3-5,10H,1-2H3,(H,18,20). The molecule has 1 aromatic rings. The molecule has 0 radical (unpaired) electrons. The SMILES string of the molecule is CC1(C)C(=O)Nc2ccc(C(=O)C(F)(F)C(F)F)cc21. The number of carbonyl (C=O) groups excluding carboxylic acids is 2. The van der Waals surface area contributed by atoms with Crippen LogP contribution < -0.4 is 5.32 Å². The molecule has 1 aliphatic heterocycles. The van der Waals surface area contributed by atoms with E-state index in [1.54, 1.807) is 13.8 Å². The van der Waals surface area contributed by atoms with E-state index >= 15 is 0 Å². The molecule has 20 heavy (non-hydrogen) atoms. The van der Waals surface area contributed by atoms with Gasteiger partial charge in [0.15, 0.2) is 0 Å². The Morgan fingerprint density at radius 3 is 2.45 bits per heavy atom. The number of rotatable bonds is 3. The number of benzene rings is 1. The van der Waals surface area contributed by atoms with Crippen molar-refractivity contribution in [3.05, 3.63) is 29.3 Å². The molecule has 2 rings (SSSR count). The van der Waals surface area contributed by atoms with Crippen LogP contribution in [0.4, 0.5) is 23.2 Å². The summed E-state index contributed by atoms with van der Waals surface area (Å²) >= 11 is 0. The zero-order valence-corrected chi connectivity index (χ0v) is 10.6. The Hall–Kier alpha value is -1.92. The predicted octanol–water partition coefficient (Wildman–Crippen LogP) is 3.00. The van der Waals surface area contributed by atoms with Crippen molar-refractivity contribution in [2.75, 3.05) is 5.32 Å². The van der Waals surface area contributed by atoms with Crippen molar-refractivity contribution in [3.63, 3.8) is 0 Å². The molecule has 0 spiro atoms. The summed E-state index contributed by atoms with van der Waals surface area (Å²) < 4.78 is 50.5. The van der Waals surface area contributed by atoms with E-state index in [9.17, 15) is 27.2 Å². The van der Waals surface area contributed by atoms with Crippen LogP contribution >= 0.6 is 0 Å². The number of fused-ring (bicyclic) bond motifs is 1. The Bertz CT molecular complexity index is 596. The van der Waals surface area contributed by atoms with Crippen molar-refractivity contribution in [1.29, 1.82) is 0 Å². The van der Waals surface area contributed by atoms with Crippen LogP contribution in [0.1, 0.15) is 29.8 Å². The van der Waals surface area contributed by atoms with Gasteiger partial charge in [-0.05, 0) is 37.6 Å². The zero-order valence-electron chi connectivity index (χ0n) is 10.6. The Morgan fingerprint density at radius 1 is 1.30 bits per heavy atom. The van der Waals surface area contributed by atoms with Crippen LogP contribution in [-0.4, -0.2) is 24.0 Å². The highest BCUT2D eigenvalue weighted by molar-refractivity contribution is 6.08. The molecule has 1 amide bonds. The summed E-state index contributed by atoms with van der Waals surface area (Å²) in [6.45, 7) is 3.10. The van der Waals surface area contributed by atoms with Gasteiger partial charge in [0.25, 0.3) is 0 Å². The van der Waals surface area contributed by atoms with Crippen LogP contribution in [0.5, 0.6) is 0 Å². The molecule has 108 valence electrons. The van der Waals surface area contributed by atoms with E-state index in [1.165, 1.54) is 6.07 Å². The lowest BCUT2D eigenvalue weighted by atomic mass is 9.85. The summed E-state index contributed by atoms with van der Waals surface area (Å²) in [5.41, 5.74) is -0.833. The van der Waals surface area contributed by atoms with Gasteiger partial charge in [-0.15, -0.1) is 0 Å². The molecule has 1 heterocycles. The highest BCUT2D eigenvalue weighted by Gasteiger charge is 2.49. The fourth-order valence-corrected chi connectivity index (χ4v) is 2.00. The first-order valence-electron chi connectivity index (χ1n) is 5.75. The number of Topliss-reactive ketones (excluding diaryl/α,β-unsaturated/α-hetero) is 1. The number of ketones is 1. The first-order chi connectivity index (χ1) is 9.08. The first-order valence-corrected chi connectivity index (χ1v) is 5.75. The second kappa shape index (κ2) is 4.29. The highest BCUT2D eigenvalue weighted by Crippen LogP contribution is 2.38. The topological polar surface area (TPSA) is 46.2 Å². The van der Waals surface area contributed by atoms with Crippen molar-refractivity contribution in [2.24, 2.45) is 0 Å². The minimum absolute atomic E-state index is 0.332. The van der Waals surface area contributed by atoms with E-state index in [0.29, 0.717) is 11.3 Å². The van der Waals surface area contributed by atoms with E-state index in [-0.39, 0.29) is 5.91 Å². The fraction of sp³-hybridized carbons (Fsp3) is 0.385. The van der Waals surface area contributed by atoms with Crippen molar-refractivity contribution in [2.45, 2.75) is 31.6 Å². The number of anilines is 1. The molecule has 0 bridgehead atoms. The maximum Gasteiger partial charge on any atom is 0.368 e. The number of amides is 1. The zero-order chi connectivity index (χ0) is 15.3. The van der Waals surface area contributed by atoms with Gasteiger partial charge in [0.1, 0.15) is 0 Å². The summed E-state index contributed by atoms with van der Waals surface area (Å²) in [5, 5.41) is 2.53. The minimum atomic E-state index is -4.74. The van der Waals surface area contributed by atoms with Crippen LogP contribution in [-0.2, 0) is 10.2 Å². The molecule has 1 N–H and O–H groups in total. The summed E-state index contributed by atoms with van der Waals surface area (Å²) in [5.74, 6) is -7.04. The van der Waals surface area contributed by atoms with Crippen molar-refractivity contribution < 1.29 is 27.2 Å². The fourth-order valence-electron chi connectivity index (χ4n) is 2.00. The minimum Gasteiger partial charge on any atom is -0.325 e. The third kappa shape index (κ3) is 1.97. The molecular weight excluding hydrogens is 278 g/mol. The van der Waals surface area contributed by atoms with Gasteiger partial charge in [0.2, 0.25) is 11.7 Å². The molecule has 0 fully saturated rings. The van der Waals surface area contributed by atoms with Gasteiger partial charge in [-0.25, -0.2) is 8.78 Å². The van der Waals surface area contributed by atoms with Crippen LogP contribution in [0, 0.1) is 0 Å². The summed E-state index contributed by atoms with van der Waals surface area (Å²) in [6.07, 6.45) is -4.07. The number of hydrogen-bond donors (Lipinski definition) is 1. The van der Waals surface area contributed by atoms with Gasteiger partial charge in [0.05, 0.1) is 5.41 Å². The third-order valence-corrected chi connectivity index (χ3v) is 3.35. The van der Waals surface area contributed by atoms with E-state index in [0.717, 1.165) is 12.1 Å². The lowest BCUT2D eigenvalue weighted by Crippen LogP contribution is -2.36. The highest BCUT2D eigenvalue weighted by atomic mass is 19.3. The van der Waals surface area contributed by atoms with Gasteiger partial charge in [-0.2, -0.15) is 8.78 Å². The number of carbonyl (C=O) groups is 2. The summed E-state index contributed by atoms with van der Waals surface area (Å²) in [6, 6.07) is 3.32. The average molecular weight is 289 g/mol. The molecule has 0 aromatic heterocycles. The predicted molar refractivity (Wildman–Crippen MR) is 63.4 cm³/mol. The van der Waals surface area contributed by atoms with Crippen molar-refractivity contribution >= 4 is 17.4 Å². The van der Waals surface area contributed by atoms with Gasteiger partial charge in [0, 0.05) is 11.3 Å². The molecular formula is C13H11F4NO2. The Labute approximate surface area is 112 Å². The number of hydrogen-bond acceptors (Lipinski definition) is 2. The molecule has 1 aliphatic rings. The van der Waals surface area contributed by atoms with Gasteiger partial charge < -0.3 is 5.32 Å². The maximum atomic E-state index is 13.1. The van der Waals surface area contributed by atoms with Gasteiger partial charge >= 0.3 is 12.3 Å². The molecule has 3 nitrogen and oxygen atoms in total. The lowest BCUT2D eigenvalue weighted by Gasteiger charge is -2.17. The van der Waals surface area contributed by atoms with Crippen molar-refractivity contribution in [3.8, 4) is 0 Å². The Balaban J connectivity index is 2.46. The normalized spacial score (nSPS) is 17.1. The second-order valence-electron chi connectivity index (χ2n) is 5.09. The molecule has 0 saturated carbocycles. The molecule has 1 aromatic carbocycles. The second-order valence-corrected chi connectivity index (χ2v) is 5.09. The largest absolute Gasteiger partial charge is 0.368 e. The van der Waals surface area contributed by atoms with Crippen LogP contribution in [0.2, 0.25) is 0 Å². The molecule has 0 atom stereocenters. The molecule has 0 aliphatic carbocycles. The average Bonchev–Trinajstić information content (AvgIpc) is 2.59. The summed E-state index contributed by atoms with van der Waals surface area (Å²) in [4.78, 5) is 23.1. The van der Waals surface area contributed by atoms with Crippen LogP contribution in [0.15, 0.2) is 18.2 Å². The lowest BCUT2D eigenvalue weighted by molar-refractivity contribution is -0.119. The Kier molecular flexibility index (Phi) is 3.11. The number of nitrogens with one attached hydrogen (secondary N) is 1. The van der Waals surface area contributed by atoms with Crippen molar-refractivity contribution in [1.82, 2.24) is 0 Å². The van der Waals surface area contributed by atoms with E-state index in [2.05, 4.69) is 5.32 Å². The quantitative estimate of drug-likeness (QED) is 0.687. The molecule has 0 saturated heterocycles. The van der Waals surface area contributed by atoms with E-state index in [4.69, 9.17) is 0 Å². The monoisotopic (exact) mass is 289 g/mol. The first kappa shape index (κ1) is 14.5. The van der Waals surface area contributed by atoms with Crippen LogP contribution in [0.3, 0.4) is 0 Å². The smallest absolute Gasteiger partial charge is 0.325 e. The summed E-state index contributed by atoms with van der Waals surface area (Å²) in [7, 11) is 0. The third-order valence-electron chi connectivity index (χ3n) is 3.35. The van der Waals surface area contributed by atoms with E-state index < -0.39 is 29.1 Å². The van der Waals surface area contributed by atoms with E-state index in [1.807, 2.05) is 0 Å². The van der Waals surface area contributed by atoms with Gasteiger partial charge in [-0.1, -0.05) is 0 Å². The van der Waals surface area contributed by atoms with Crippen LogP contribution in [0.25, 0.3) is 0 Å².